The van der Waals surface area contributed by atoms with Gasteiger partial charge in [0.25, 0.3) is 0 Å². The molecule has 0 saturated heterocycles. The van der Waals surface area contributed by atoms with E-state index in [2.05, 4.69) is 30.9 Å². The van der Waals surface area contributed by atoms with Gasteiger partial charge in [-0.2, -0.15) is 11.8 Å². The minimum absolute atomic E-state index is 0.802. The van der Waals surface area contributed by atoms with Crippen molar-refractivity contribution in [1.29, 1.82) is 0 Å². The maximum Gasteiger partial charge on any atom is 0.0104 e. The third-order valence-electron chi connectivity index (χ3n) is 4.66. The van der Waals surface area contributed by atoms with Crippen molar-refractivity contribution in [3.8, 4) is 0 Å². The zero-order valence-electron chi connectivity index (χ0n) is 11.6. The molecule has 0 radical (unpaired) electrons. The van der Waals surface area contributed by atoms with Crippen LogP contribution in [-0.4, -0.2) is 23.6 Å². The van der Waals surface area contributed by atoms with Gasteiger partial charge in [0, 0.05) is 11.3 Å². The van der Waals surface area contributed by atoms with Gasteiger partial charge in [0.15, 0.2) is 0 Å². The fourth-order valence-corrected chi connectivity index (χ4v) is 5.07. The maximum absolute atomic E-state index is 3.73. The van der Waals surface area contributed by atoms with Crippen molar-refractivity contribution in [2.45, 2.75) is 70.1 Å². The van der Waals surface area contributed by atoms with E-state index in [0.29, 0.717) is 0 Å². The van der Waals surface area contributed by atoms with E-state index >= 15 is 0 Å². The van der Waals surface area contributed by atoms with Gasteiger partial charge in [0.2, 0.25) is 0 Å². The topological polar surface area (TPSA) is 12.0 Å². The molecule has 0 aliphatic heterocycles. The number of hydrogen-bond donors (Lipinski definition) is 1. The molecule has 2 fully saturated rings. The lowest BCUT2D eigenvalue weighted by atomic mass is 10.1. The normalized spacial score (nSPS) is 34.6. The lowest BCUT2D eigenvalue weighted by molar-refractivity contribution is 0.431. The predicted octanol–water partition coefficient (Wildman–Crippen LogP) is 4.08. The lowest BCUT2D eigenvalue weighted by Crippen LogP contribution is -2.33. The number of hydrogen-bond acceptors (Lipinski definition) is 2. The Morgan fingerprint density at radius 1 is 1.12 bits per heavy atom. The minimum Gasteiger partial charge on any atom is -0.314 e. The molecule has 0 aromatic heterocycles. The van der Waals surface area contributed by atoms with E-state index in [1.165, 1.54) is 57.2 Å². The third-order valence-corrected chi connectivity index (χ3v) is 6.42. The van der Waals surface area contributed by atoms with Crippen LogP contribution in [0.2, 0.25) is 0 Å². The molecule has 2 rings (SSSR count). The van der Waals surface area contributed by atoms with E-state index in [1.54, 1.807) is 0 Å². The number of nitrogens with one attached hydrogen (secondary N) is 1. The van der Waals surface area contributed by atoms with Gasteiger partial charge in [-0.3, -0.25) is 0 Å². The highest BCUT2D eigenvalue weighted by molar-refractivity contribution is 7.99. The Kier molecular flexibility index (Phi) is 5.68. The van der Waals surface area contributed by atoms with Gasteiger partial charge in [-0.25, -0.2) is 0 Å². The fourth-order valence-electron chi connectivity index (χ4n) is 3.42. The Hall–Kier alpha value is 0.310. The number of thioether (sulfide) groups is 1. The van der Waals surface area contributed by atoms with Crippen LogP contribution < -0.4 is 5.32 Å². The van der Waals surface area contributed by atoms with E-state index in [9.17, 15) is 0 Å². The standard InChI is InChI=1S/C15H29NS/c1-3-10-16-14-8-9-15(12(14)2)17-11-13-6-4-5-7-13/h12-16H,3-11H2,1-2H3. The van der Waals surface area contributed by atoms with E-state index in [-0.39, 0.29) is 0 Å². The second kappa shape index (κ2) is 7.04. The van der Waals surface area contributed by atoms with Crippen molar-refractivity contribution in [3.05, 3.63) is 0 Å². The Morgan fingerprint density at radius 3 is 2.59 bits per heavy atom. The van der Waals surface area contributed by atoms with Crippen molar-refractivity contribution in [2.24, 2.45) is 11.8 Å². The lowest BCUT2D eigenvalue weighted by Gasteiger charge is -2.22. The molecule has 0 aromatic carbocycles. The summed E-state index contributed by atoms with van der Waals surface area (Å²) in [4.78, 5) is 0. The third kappa shape index (κ3) is 3.89. The van der Waals surface area contributed by atoms with Crippen LogP contribution in [0.15, 0.2) is 0 Å². The molecule has 2 heteroatoms. The molecule has 0 aromatic rings. The Labute approximate surface area is 112 Å². The Bertz CT molecular complexity index is 213. The molecule has 1 N–H and O–H groups in total. The van der Waals surface area contributed by atoms with Crippen LogP contribution in [0.3, 0.4) is 0 Å². The minimum atomic E-state index is 0.802. The molecule has 100 valence electrons. The van der Waals surface area contributed by atoms with Crippen LogP contribution in [-0.2, 0) is 0 Å². The van der Waals surface area contributed by atoms with Crippen molar-refractivity contribution in [1.82, 2.24) is 5.32 Å². The van der Waals surface area contributed by atoms with E-state index < -0.39 is 0 Å². The zero-order valence-corrected chi connectivity index (χ0v) is 12.4. The first-order chi connectivity index (χ1) is 8.31. The van der Waals surface area contributed by atoms with Crippen LogP contribution in [0.25, 0.3) is 0 Å². The molecular weight excluding hydrogens is 226 g/mol. The summed E-state index contributed by atoms with van der Waals surface area (Å²) in [6.45, 7) is 5.93. The summed E-state index contributed by atoms with van der Waals surface area (Å²) in [5.41, 5.74) is 0. The molecule has 2 saturated carbocycles. The van der Waals surface area contributed by atoms with Crippen LogP contribution in [0, 0.1) is 11.8 Å². The monoisotopic (exact) mass is 255 g/mol. The average molecular weight is 255 g/mol. The van der Waals surface area contributed by atoms with E-state index in [1.807, 2.05) is 0 Å². The zero-order chi connectivity index (χ0) is 12.1. The summed E-state index contributed by atoms with van der Waals surface area (Å²) in [6, 6.07) is 0.802. The van der Waals surface area contributed by atoms with Gasteiger partial charge in [-0.05, 0) is 56.2 Å². The van der Waals surface area contributed by atoms with Gasteiger partial charge in [-0.1, -0.05) is 26.7 Å². The second-order valence-corrected chi connectivity index (χ2v) is 7.29. The van der Waals surface area contributed by atoms with Crippen molar-refractivity contribution in [3.63, 3.8) is 0 Å². The van der Waals surface area contributed by atoms with E-state index in [0.717, 1.165) is 23.1 Å². The van der Waals surface area contributed by atoms with Crippen LogP contribution in [0.1, 0.15) is 58.8 Å². The molecule has 3 unspecified atom stereocenters. The van der Waals surface area contributed by atoms with Crippen molar-refractivity contribution >= 4 is 11.8 Å². The fraction of sp³-hybridized carbons (Fsp3) is 1.00. The van der Waals surface area contributed by atoms with Gasteiger partial charge < -0.3 is 5.32 Å². The van der Waals surface area contributed by atoms with Crippen LogP contribution in [0.5, 0.6) is 0 Å². The highest BCUT2D eigenvalue weighted by Gasteiger charge is 2.33. The second-order valence-electron chi connectivity index (χ2n) is 6.02. The molecule has 0 spiro atoms. The number of rotatable bonds is 6. The summed E-state index contributed by atoms with van der Waals surface area (Å²) >= 11 is 2.29. The van der Waals surface area contributed by atoms with Crippen molar-refractivity contribution in [2.75, 3.05) is 12.3 Å². The Morgan fingerprint density at radius 2 is 1.88 bits per heavy atom. The molecular formula is C15H29NS. The molecule has 1 nitrogen and oxygen atoms in total. The summed E-state index contributed by atoms with van der Waals surface area (Å²) in [5, 5.41) is 4.66. The van der Waals surface area contributed by atoms with Gasteiger partial charge >= 0.3 is 0 Å². The largest absolute Gasteiger partial charge is 0.314 e. The summed E-state index contributed by atoms with van der Waals surface area (Å²) < 4.78 is 0. The highest BCUT2D eigenvalue weighted by Crippen LogP contribution is 2.38. The first-order valence-electron chi connectivity index (χ1n) is 7.66. The van der Waals surface area contributed by atoms with Gasteiger partial charge in [0.1, 0.15) is 0 Å². The Balaban J connectivity index is 1.67. The van der Waals surface area contributed by atoms with Gasteiger partial charge in [0.05, 0.1) is 0 Å². The SMILES string of the molecule is CCCNC1CCC(SCC2CCCC2)C1C. The van der Waals surface area contributed by atoms with Crippen molar-refractivity contribution < 1.29 is 0 Å². The van der Waals surface area contributed by atoms with Gasteiger partial charge in [-0.15, -0.1) is 0 Å². The summed E-state index contributed by atoms with van der Waals surface area (Å²) in [5.74, 6) is 3.37. The van der Waals surface area contributed by atoms with Crippen LogP contribution >= 0.6 is 11.8 Å². The van der Waals surface area contributed by atoms with Crippen LogP contribution in [0.4, 0.5) is 0 Å². The van der Waals surface area contributed by atoms with E-state index in [4.69, 9.17) is 0 Å². The smallest absolute Gasteiger partial charge is 0.0104 e. The summed E-state index contributed by atoms with van der Waals surface area (Å²) in [7, 11) is 0. The predicted molar refractivity (Wildman–Crippen MR) is 78.7 cm³/mol. The molecule has 3 atom stereocenters. The first kappa shape index (κ1) is 13.7. The quantitative estimate of drug-likeness (QED) is 0.767. The molecule has 0 amide bonds. The average Bonchev–Trinajstić information content (AvgIpc) is 2.95. The summed E-state index contributed by atoms with van der Waals surface area (Å²) in [6.07, 6.45) is 10.1. The molecule has 0 bridgehead atoms. The molecule has 2 aliphatic carbocycles. The highest BCUT2D eigenvalue weighted by atomic mass is 32.2. The first-order valence-corrected chi connectivity index (χ1v) is 8.71. The maximum atomic E-state index is 3.73. The molecule has 0 heterocycles. The molecule has 17 heavy (non-hydrogen) atoms. The molecule has 2 aliphatic rings.